The molecular formula is C18H23FN4O2. The molecule has 1 aliphatic rings. The van der Waals surface area contributed by atoms with Gasteiger partial charge in [0.25, 0.3) is 0 Å². The third kappa shape index (κ3) is 4.04. The van der Waals surface area contributed by atoms with Crippen molar-refractivity contribution in [3.05, 3.63) is 36.0 Å². The molecule has 1 saturated heterocycles. The Morgan fingerprint density at radius 2 is 2.16 bits per heavy atom. The first kappa shape index (κ1) is 17.5. The molecule has 0 aliphatic carbocycles. The topological polar surface area (TPSA) is 62.5 Å². The number of carbonyl (C=O) groups excluding carboxylic acids is 1. The van der Waals surface area contributed by atoms with Crippen LogP contribution in [0.5, 0.6) is 0 Å². The maximum absolute atomic E-state index is 13.3. The fourth-order valence-corrected chi connectivity index (χ4v) is 3.08. The number of nitrogens with zero attached hydrogens (tertiary/aromatic N) is 4. The molecule has 25 heavy (non-hydrogen) atoms. The van der Waals surface area contributed by atoms with Gasteiger partial charge in [-0.15, -0.1) is 10.2 Å². The highest BCUT2D eigenvalue weighted by Gasteiger charge is 2.33. The molecule has 1 atom stereocenters. The van der Waals surface area contributed by atoms with E-state index in [0.29, 0.717) is 30.4 Å². The van der Waals surface area contributed by atoms with Gasteiger partial charge in [-0.3, -0.25) is 9.69 Å². The van der Waals surface area contributed by atoms with Crippen molar-refractivity contribution in [2.75, 3.05) is 20.1 Å². The Labute approximate surface area is 146 Å². The Morgan fingerprint density at radius 3 is 2.92 bits per heavy atom. The van der Waals surface area contributed by atoms with Crippen LogP contribution in [0, 0.1) is 5.82 Å². The normalized spacial score (nSPS) is 18.8. The van der Waals surface area contributed by atoms with Crippen LogP contribution in [0.15, 0.2) is 28.7 Å². The zero-order valence-electron chi connectivity index (χ0n) is 14.6. The van der Waals surface area contributed by atoms with E-state index in [9.17, 15) is 9.18 Å². The van der Waals surface area contributed by atoms with E-state index in [1.165, 1.54) is 12.1 Å². The van der Waals surface area contributed by atoms with Crippen molar-refractivity contribution in [3.8, 4) is 11.5 Å². The van der Waals surface area contributed by atoms with E-state index >= 15 is 0 Å². The van der Waals surface area contributed by atoms with Gasteiger partial charge in [-0.2, -0.15) is 0 Å². The summed E-state index contributed by atoms with van der Waals surface area (Å²) in [5, 5.41) is 8.08. The number of amides is 1. The molecule has 0 saturated carbocycles. The van der Waals surface area contributed by atoms with Crippen molar-refractivity contribution in [2.45, 2.75) is 38.8 Å². The summed E-state index contributed by atoms with van der Waals surface area (Å²) < 4.78 is 19.0. The molecule has 3 rings (SSSR count). The molecule has 0 radical (unpaired) electrons. The molecule has 6 nitrogen and oxygen atoms in total. The number of rotatable bonds is 6. The number of hydrogen-bond acceptors (Lipinski definition) is 5. The lowest BCUT2D eigenvalue weighted by atomic mass is 10.0. The lowest BCUT2D eigenvalue weighted by molar-refractivity contribution is -0.141. The van der Waals surface area contributed by atoms with Gasteiger partial charge < -0.3 is 9.32 Å². The quantitative estimate of drug-likeness (QED) is 0.805. The minimum Gasteiger partial charge on any atom is -0.419 e. The van der Waals surface area contributed by atoms with Gasteiger partial charge in [0.2, 0.25) is 17.7 Å². The Bertz CT molecular complexity index is 733. The number of halogens is 1. The highest BCUT2D eigenvalue weighted by atomic mass is 19.1. The third-order valence-electron chi connectivity index (χ3n) is 4.53. The second-order valence-electron chi connectivity index (χ2n) is 6.40. The molecular weight excluding hydrogens is 323 g/mol. The zero-order chi connectivity index (χ0) is 17.8. The largest absolute Gasteiger partial charge is 0.419 e. The lowest BCUT2D eigenvalue weighted by Gasteiger charge is -2.38. The molecule has 1 aromatic heterocycles. The van der Waals surface area contributed by atoms with Crippen LogP contribution in [0.4, 0.5) is 4.39 Å². The van der Waals surface area contributed by atoms with Gasteiger partial charge in [-0.1, -0.05) is 25.8 Å². The summed E-state index contributed by atoms with van der Waals surface area (Å²) in [5.41, 5.74) is 0.552. The predicted molar refractivity (Wildman–Crippen MR) is 91.1 cm³/mol. The molecule has 134 valence electrons. The first-order valence-corrected chi connectivity index (χ1v) is 8.66. The average molecular weight is 346 g/mol. The van der Waals surface area contributed by atoms with Gasteiger partial charge in [-0.05, 0) is 24.6 Å². The molecule has 0 N–H and O–H groups in total. The lowest BCUT2D eigenvalue weighted by Crippen LogP contribution is -2.55. The second kappa shape index (κ2) is 7.74. The maximum Gasteiger partial charge on any atom is 0.247 e. The second-order valence-corrected chi connectivity index (χ2v) is 6.40. The third-order valence-corrected chi connectivity index (χ3v) is 4.53. The van der Waals surface area contributed by atoms with Gasteiger partial charge in [0.15, 0.2) is 0 Å². The van der Waals surface area contributed by atoms with Crippen molar-refractivity contribution in [1.82, 2.24) is 20.0 Å². The number of hydrogen-bond donors (Lipinski definition) is 0. The zero-order valence-corrected chi connectivity index (χ0v) is 14.6. The molecule has 1 amide bonds. The van der Waals surface area contributed by atoms with Gasteiger partial charge in [-0.25, -0.2) is 4.39 Å². The molecule has 2 heterocycles. The monoisotopic (exact) mass is 346 g/mol. The highest BCUT2D eigenvalue weighted by molar-refractivity contribution is 5.82. The van der Waals surface area contributed by atoms with Crippen molar-refractivity contribution in [2.24, 2.45) is 0 Å². The van der Waals surface area contributed by atoms with Crippen molar-refractivity contribution in [1.29, 1.82) is 0 Å². The van der Waals surface area contributed by atoms with E-state index in [1.54, 1.807) is 17.0 Å². The van der Waals surface area contributed by atoms with Crippen LogP contribution in [-0.4, -0.2) is 52.1 Å². The predicted octanol–water partition coefficient (Wildman–Crippen LogP) is 2.71. The van der Waals surface area contributed by atoms with E-state index in [2.05, 4.69) is 22.0 Å². The molecule has 1 fully saturated rings. The molecule has 0 spiro atoms. The molecule has 2 aromatic rings. The first-order valence-electron chi connectivity index (χ1n) is 8.66. The summed E-state index contributed by atoms with van der Waals surface area (Å²) in [6.45, 7) is 4.00. The standard InChI is InChI=1S/C18H23FN4O2/c1-3-4-8-15-18(24)22(2)9-10-23(15)12-16-20-21-17(25-16)13-6-5-7-14(19)11-13/h5-7,11,15H,3-4,8-10,12H2,1-2H3. The van der Waals surface area contributed by atoms with E-state index in [0.717, 1.165) is 25.8 Å². The summed E-state index contributed by atoms with van der Waals surface area (Å²) in [5.74, 6) is 0.532. The Hall–Kier alpha value is -2.28. The fourth-order valence-electron chi connectivity index (χ4n) is 3.08. The van der Waals surface area contributed by atoms with E-state index in [1.807, 2.05) is 7.05 Å². The van der Waals surface area contributed by atoms with Crippen molar-refractivity contribution >= 4 is 5.91 Å². The van der Waals surface area contributed by atoms with Crippen LogP contribution in [0.25, 0.3) is 11.5 Å². The van der Waals surface area contributed by atoms with Gasteiger partial charge in [0.1, 0.15) is 5.82 Å². The van der Waals surface area contributed by atoms with Crippen molar-refractivity contribution < 1.29 is 13.6 Å². The minimum absolute atomic E-state index is 0.143. The average Bonchev–Trinajstić information content (AvgIpc) is 3.06. The highest BCUT2D eigenvalue weighted by Crippen LogP contribution is 2.22. The molecule has 1 aliphatic heterocycles. The van der Waals surface area contributed by atoms with Gasteiger partial charge >= 0.3 is 0 Å². The van der Waals surface area contributed by atoms with Crippen LogP contribution in [0.3, 0.4) is 0 Å². The number of benzene rings is 1. The Balaban J connectivity index is 1.73. The number of unbranched alkanes of at least 4 members (excludes halogenated alkanes) is 1. The van der Waals surface area contributed by atoms with Crippen LogP contribution in [0.1, 0.15) is 32.1 Å². The molecule has 1 unspecified atom stereocenters. The smallest absolute Gasteiger partial charge is 0.247 e. The van der Waals surface area contributed by atoms with E-state index < -0.39 is 0 Å². The summed E-state index contributed by atoms with van der Waals surface area (Å²) in [6.07, 6.45) is 2.87. The fraction of sp³-hybridized carbons (Fsp3) is 0.500. The maximum atomic E-state index is 13.3. The van der Waals surface area contributed by atoms with Crippen LogP contribution >= 0.6 is 0 Å². The summed E-state index contributed by atoms with van der Waals surface area (Å²) >= 11 is 0. The minimum atomic E-state index is -0.346. The van der Waals surface area contributed by atoms with Gasteiger partial charge in [0.05, 0.1) is 12.6 Å². The molecule has 1 aromatic carbocycles. The summed E-state index contributed by atoms with van der Waals surface area (Å²) in [6, 6.07) is 5.91. The number of piperazine rings is 1. The van der Waals surface area contributed by atoms with E-state index in [-0.39, 0.29) is 17.8 Å². The Morgan fingerprint density at radius 1 is 1.32 bits per heavy atom. The number of carbonyl (C=O) groups is 1. The molecule has 7 heteroatoms. The van der Waals surface area contributed by atoms with E-state index in [4.69, 9.17) is 4.42 Å². The molecule has 0 bridgehead atoms. The van der Waals surface area contributed by atoms with Crippen LogP contribution in [-0.2, 0) is 11.3 Å². The van der Waals surface area contributed by atoms with Crippen LogP contribution < -0.4 is 0 Å². The summed E-state index contributed by atoms with van der Waals surface area (Å²) in [4.78, 5) is 16.4. The first-order chi connectivity index (χ1) is 12.1. The number of likely N-dealkylation sites (N-methyl/N-ethyl adjacent to an activating group) is 1. The SMILES string of the molecule is CCCCC1C(=O)N(C)CCN1Cc1nnc(-c2cccc(F)c2)o1. The van der Waals surface area contributed by atoms with Crippen LogP contribution in [0.2, 0.25) is 0 Å². The summed E-state index contributed by atoms with van der Waals surface area (Å²) in [7, 11) is 1.84. The number of aromatic nitrogens is 2. The Kier molecular flexibility index (Phi) is 5.43. The van der Waals surface area contributed by atoms with Crippen molar-refractivity contribution in [3.63, 3.8) is 0 Å². The van der Waals surface area contributed by atoms with Gasteiger partial charge in [0, 0.05) is 25.7 Å².